The van der Waals surface area contributed by atoms with Crippen molar-refractivity contribution in [2.45, 2.75) is 39.5 Å². The van der Waals surface area contributed by atoms with Gasteiger partial charge in [0.2, 0.25) is 0 Å². The Morgan fingerprint density at radius 3 is 1.83 bits per heavy atom. The van der Waals surface area contributed by atoms with Crippen molar-refractivity contribution in [3.63, 3.8) is 0 Å². The summed E-state index contributed by atoms with van der Waals surface area (Å²) >= 11 is 2.53. The minimum Gasteiger partial charge on any atom is -0.0579 e. The predicted octanol–water partition coefficient (Wildman–Crippen LogP) is 18.6. The summed E-state index contributed by atoms with van der Waals surface area (Å²) in [5.41, 5.74) is 21.0. The third kappa shape index (κ3) is 8.11. The van der Waals surface area contributed by atoms with Gasteiger partial charge in [0.05, 0.1) is 0 Å². The molecule has 0 saturated carbocycles. The first kappa shape index (κ1) is 44.3. The van der Waals surface area contributed by atoms with E-state index < -0.39 is 6.85 Å². The van der Waals surface area contributed by atoms with Crippen LogP contribution in [0.2, 0.25) is 0 Å². The minimum absolute atomic E-state index is 0.0381. The van der Waals surface area contributed by atoms with Crippen molar-refractivity contribution in [3.8, 4) is 84.3 Å². The fourth-order valence-corrected chi connectivity index (χ4v) is 12.8. The second kappa shape index (κ2) is 19.0. The standard InChI is InChI=1S/C72H54N4O.Pt/c1-47-39-69(73-45-64(47)50-31-34-54(35-32-50)72(2,3)4)76-65-28-15-14-27-59(65)60-38-36-57(43-68(60)76)77-56-26-18-25-55(42-56)74-46-75(67-30-17-16-29-66(67)74)71-61(49-21-10-6-11-22-49)44-62-58-37-33-52(48-19-8-5-9-20-48)40-53(58)41-63(62)70(71)51-23-12-7-13-24-51;/h5-40,42-45H,41H2,1-4H3;/i1D3;. The van der Waals surface area contributed by atoms with Crippen molar-refractivity contribution in [2.75, 3.05) is 0 Å². The number of ether oxygens (including phenoxy) is 1. The van der Waals surface area contributed by atoms with Crippen LogP contribution in [0.3, 0.4) is 0 Å². The molecule has 13 aromatic rings. The molecule has 10 aromatic carbocycles. The molecule has 0 saturated heterocycles. The Morgan fingerprint density at radius 1 is 0.474 bits per heavy atom. The van der Waals surface area contributed by atoms with Gasteiger partial charge in [-0.15, -0.1) is 0 Å². The fraction of sp³-hybridized carbons (Fsp3) is 0.0833. The quantitative estimate of drug-likeness (QED) is 0.144. The maximum atomic E-state index is 8.74. The first-order valence-electron chi connectivity index (χ1n) is 28.0. The summed E-state index contributed by atoms with van der Waals surface area (Å²) in [7, 11) is 0. The van der Waals surface area contributed by atoms with Gasteiger partial charge in [-0.05, 0) is 29.0 Å². The van der Waals surface area contributed by atoms with E-state index in [-0.39, 0.29) is 11.0 Å². The Balaban J connectivity index is 0.890. The Hall–Kier alpha value is -8.89. The first-order valence-corrected chi connectivity index (χ1v) is 27.6. The number of aromatic nitrogens is 4. The molecule has 0 unspecified atom stereocenters. The summed E-state index contributed by atoms with van der Waals surface area (Å²) in [6.45, 7) is 4.12. The third-order valence-electron chi connectivity index (χ3n) is 15.5. The molecular weight excluding hydrogens is 1130 g/mol. The van der Waals surface area contributed by atoms with Crippen molar-refractivity contribution in [1.82, 2.24) is 18.7 Å². The van der Waals surface area contributed by atoms with Crippen molar-refractivity contribution in [1.29, 1.82) is 0 Å². The molecule has 3 heterocycles. The van der Waals surface area contributed by atoms with Crippen LogP contribution in [0.25, 0.3) is 106 Å². The van der Waals surface area contributed by atoms with Gasteiger partial charge in [-0.3, -0.25) is 0 Å². The zero-order valence-electron chi connectivity index (χ0n) is 46.3. The summed E-state index contributed by atoms with van der Waals surface area (Å²) in [6, 6.07) is 83.0. The van der Waals surface area contributed by atoms with E-state index in [1.807, 2.05) is 42.5 Å². The molecule has 0 radical (unpaired) electrons. The van der Waals surface area contributed by atoms with Crippen LogP contribution < -0.4 is 4.74 Å². The average Bonchev–Trinajstić information content (AvgIpc) is 4.16. The van der Waals surface area contributed by atoms with Gasteiger partial charge in [-0.25, -0.2) is 0 Å². The fourth-order valence-electron chi connectivity index (χ4n) is 11.7. The number of benzene rings is 10. The van der Waals surface area contributed by atoms with E-state index in [1.54, 1.807) is 12.3 Å². The van der Waals surface area contributed by atoms with Crippen LogP contribution in [0.4, 0.5) is 0 Å². The van der Waals surface area contributed by atoms with Gasteiger partial charge in [0, 0.05) is 15.9 Å². The van der Waals surface area contributed by atoms with Gasteiger partial charge in [0.15, 0.2) is 0 Å². The molecule has 0 aliphatic heterocycles. The van der Waals surface area contributed by atoms with E-state index >= 15 is 0 Å². The second-order valence-corrected chi connectivity index (χ2v) is 22.3. The molecule has 0 amide bonds. The van der Waals surface area contributed by atoms with Gasteiger partial charge < -0.3 is 0 Å². The molecule has 378 valence electrons. The molecule has 0 atom stereocenters. The number of fused-ring (bicyclic) bond motifs is 7. The molecule has 1 aliphatic carbocycles. The number of hydrogen-bond acceptors (Lipinski definition) is 2. The molecule has 14 rings (SSSR count). The molecule has 6 heteroatoms. The number of hydrogen-bond donors (Lipinski definition) is 0. The van der Waals surface area contributed by atoms with Crippen molar-refractivity contribution in [2.24, 2.45) is 0 Å². The molecular formula is C72H54N4OPt. The molecule has 1 aliphatic rings. The van der Waals surface area contributed by atoms with Gasteiger partial charge in [0.25, 0.3) is 0 Å². The number of nitrogens with zero attached hydrogens (tertiary/aromatic N) is 4. The Labute approximate surface area is 469 Å². The average molecular weight is 1190 g/mol. The number of pyridine rings is 1. The van der Waals surface area contributed by atoms with Crippen LogP contribution in [0.15, 0.2) is 243 Å². The second-order valence-electron chi connectivity index (χ2n) is 21.3. The molecule has 0 N–H and O–H groups in total. The monoisotopic (exact) mass is 1190 g/mol. The summed E-state index contributed by atoms with van der Waals surface area (Å²) in [4.78, 5) is 5.01. The summed E-state index contributed by atoms with van der Waals surface area (Å²) in [5.74, 6) is 1.81. The van der Waals surface area contributed by atoms with Gasteiger partial charge in [0.1, 0.15) is 0 Å². The molecule has 0 bridgehead atoms. The molecule has 0 spiro atoms. The van der Waals surface area contributed by atoms with Gasteiger partial charge in [-0.1, -0.05) is 63.2 Å². The normalized spacial score (nSPS) is 12.9. The van der Waals surface area contributed by atoms with E-state index in [4.69, 9.17) is 13.8 Å². The van der Waals surface area contributed by atoms with E-state index in [0.29, 0.717) is 22.9 Å². The third-order valence-corrected chi connectivity index (χ3v) is 16.5. The van der Waals surface area contributed by atoms with E-state index in [0.717, 1.165) is 76.7 Å². The molecule has 0 fully saturated rings. The maximum absolute atomic E-state index is 8.74. The zero-order chi connectivity index (χ0) is 55.1. The Bertz CT molecular complexity index is 4670. The van der Waals surface area contributed by atoms with Crippen molar-refractivity contribution in [3.05, 3.63) is 269 Å². The smallest absolute Gasteiger partial charge is 0.0579 e. The zero-order valence-corrected chi connectivity index (χ0v) is 45.6. The van der Waals surface area contributed by atoms with Gasteiger partial charge >= 0.3 is 364 Å². The van der Waals surface area contributed by atoms with E-state index in [9.17, 15) is 0 Å². The van der Waals surface area contributed by atoms with Crippen LogP contribution in [0.1, 0.15) is 47.1 Å². The number of aryl methyl sites for hydroxylation is 1. The van der Waals surface area contributed by atoms with Gasteiger partial charge in [-0.2, -0.15) is 0 Å². The van der Waals surface area contributed by atoms with Crippen LogP contribution in [0.5, 0.6) is 11.5 Å². The first-order chi connectivity index (χ1) is 39.4. The minimum atomic E-state index is -2.40. The van der Waals surface area contributed by atoms with Crippen LogP contribution in [-0.2, 0) is 31.2 Å². The van der Waals surface area contributed by atoms with Crippen molar-refractivity contribution >= 4 is 32.8 Å². The van der Waals surface area contributed by atoms with E-state index in [1.165, 1.54) is 44.5 Å². The summed E-state index contributed by atoms with van der Waals surface area (Å²) < 4.78 is 40.9. The molecule has 5 nitrogen and oxygen atoms in total. The van der Waals surface area contributed by atoms with Crippen LogP contribution in [-0.4, -0.2) is 18.7 Å². The van der Waals surface area contributed by atoms with Crippen LogP contribution in [0, 0.1) is 10.7 Å². The summed E-state index contributed by atoms with van der Waals surface area (Å²) in [5, 5.41) is 2.03. The SMILES string of the molecule is [2H]C([2H])([2H])c1cc(-n2c3ccccc3c3ccc(Oc4cccc(-n5[c](=[Pt])n(-c6c(-c7ccccc7)cc7c(c6-c6ccccc6)Cc6cc(-c8ccccc8)ccc6-7)c6ccccc65)c4)cc32)ncc1-c1ccc(C(C)(C)C)cc1. The number of para-hydroxylation sites is 3. The Kier molecular flexibility index (Phi) is 10.8. The number of rotatable bonds is 9. The predicted molar refractivity (Wildman–Crippen MR) is 318 cm³/mol. The van der Waals surface area contributed by atoms with E-state index in [2.05, 4.69) is 242 Å². The van der Waals surface area contributed by atoms with Crippen LogP contribution >= 0.6 is 0 Å². The molecule has 3 aromatic heterocycles. The molecule has 78 heavy (non-hydrogen) atoms. The Morgan fingerprint density at radius 2 is 1.10 bits per heavy atom. The topological polar surface area (TPSA) is 36.9 Å². The number of imidazole rings is 1. The summed E-state index contributed by atoms with van der Waals surface area (Å²) in [6.07, 6.45) is 2.51. The van der Waals surface area contributed by atoms with Crippen molar-refractivity contribution < 1.29 is 28.2 Å².